The van der Waals surface area contributed by atoms with Gasteiger partial charge in [-0.15, -0.1) is 0 Å². The van der Waals surface area contributed by atoms with Crippen molar-refractivity contribution in [3.8, 4) is 5.75 Å². The minimum absolute atomic E-state index is 0.0765. The molecule has 0 saturated carbocycles. The van der Waals surface area contributed by atoms with E-state index in [1.807, 2.05) is 11.8 Å². The number of ketones is 1. The molecule has 2 heterocycles. The zero-order valence-corrected chi connectivity index (χ0v) is 20.2. The number of aromatic nitrogens is 1. The smallest absolute Gasteiger partial charge is 0.292 e. The first-order valence-electron chi connectivity index (χ1n) is 11.5. The maximum atomic E-state index is 13.7. The highest BCUT2D eigenvalue weighted by Crippen LogP contribution is 2.31. The second-order valence-electron chi connectivity index (χ2n) is 8.92. The fourth-order valence-electron chi connectivity index (χ4n) is 4.59. The summed E-state index contributed by atoms with van der Waals surface area (Å²) in [6.07, 6.45) is 1.47. The van der Waals surface area contributed by atoms with E-state index in [1.54, 1.807) is 24.3 Å². The van der Waals surface area contributed by atoms with Crippen molar-refractivity contribution in [2.24, 2.45) is 0 Å². The van der Waals surface area contributed by atoms with E-state index < -0.39 is 11.7 Å². The van der Waals surface area contributed by atoms with Crippen LogP contribution in [0.1, 0.15) is 40.1 Å². The number of hydrogen-bond donors (Lipinski definition) is 2. The van der Waals surface area contributed by atoms with Crippen LogP contribution in [0.3, 0.4) is 0 Å². The van der Waals surface area contributed by atoms with E-state index in [4.69, 9.17) is 4.74 Å². The highest BCUT2D eigenvalue weighted by Gasteiger charge is 2.34. The molecule has 0 bridgehead atoms. The molecule has 1 aliphatic heterocycles. The average Bonchev–Trinajstić information content (AvgIpc) is 3.27. The molecule has 4 rings (SSSR count). The number of fused-ring (bicyclic) bond motifs is 1. The summed E-state index contributed by atoms with van der Waals surface area (Å²) in [5, 5.41) is 2.82. The number of ether oxygens (including phenoxy) is 1. The number of methoxy groups -OCH3 is 1. The van der Waals surface area contributed by atoms with Gasteiger partial charge in [0.1, 0.15) is 11.6 Å². The first-order valence-corrected chi connectivity index (χ1v) is 11.5. The standard InChI is InChI=1S/C26H29FN4O4/c1-15-13-31(16(2)12-30(15)14-17-5-7-18(27)8-6-17)26(34)20-9-19-21(24(32)25(33)28-3)11-29-22(19)10-23(20)35-4/h5-11,15-16,29H,12-14H2,1-4H3,(H,28,33)/t15-,16+/m0/s1. The molecule has 35 heavy (non-hydrogen) atoms. The Kier molecular flexibility index (Phi) is 6.88. The van der Waals surface area contributed by atoms with Crippen molar-refractivity contribution in [1.82, 2.24) is 20.1 Å². The third-order valence-corrected chi connectivity index (χ3v) is 6.58. The molecule has 2 atom stereocenters. The van der Waals surface area contributed by atoms with E-state index in [0.717, 1.165) is 5.56 Å². The summed E-state index contributed by atoms with van der Waals surface area (Å²) < 4.78 is 18.8. The minimum Gasteiger partial charge on any atom is -0.496 e. The van der Waals surface area contributed by atoms with Crippen LogP contribution in [0.25, 0.3) is 10.9 Å². The Morgan fingerprint density at radius 2 is 1.80 bits per heavy atom. The second-order valence-corrected chi connectivity index (χ2v) is 8.92. The number of likely N-dealkylation sites (N-methyl/N-ethyl adjacent to an activating group) is 1. The topological polar surface area (TPSA) is 94.7 Å². The lowest BCUT2D eigenvalue weighted by Crippen LogP contribution is -2.57. The van der Waals surface area contributed by atoms with Crippen LogP contribution in [0, 0.1) is 5.82 Å². The van der Waals surface area contributed by atoms with Crippen molar-refractivity contribution in [3.63, 3.8) is 0 Å². The molecule has 3 aromatic rings. The summed E-state index contributed by atoms with van der Waals surface area (Å²) in [5.41, 5.74) is 2.13. The highest BCUT2D eigenvalue weighted by atomic mass is 19.1. The number of piperazine rings is 1. The largest absolute Gasteiger partial charge is 0.496 e. The summed E-state index contributed by atoms with van der Waals surface area (Å²) >= 11 is 0. The SMILES string of the molecule is CNC(=O)C(=O)c1c[nH]c2cc(OC)c(C(=O)N3C[C@H](C)N(Cc4ccc(F)cc4)C[C@H]3C)cc12. The molecule has 2 amide bonds. The zero-order chi connectivity index (χ0) is 25.3. The van der Waals surface area contributed by atoms with Gasteiger partial charge < -0.3 is 19.9 Å². The second kappa shape index (κ2) is 9.87. The molecule has 1 aromatic heterocycles. The van der Waals surface area contributed by atoms with Gasteiger partial charge in [0.25, 0.3) is 17.6 Å². The molecule has 2 N–H and O–H groups in total. The number of halogens is 1. The lowest BCUT2D eigenvalue weighted by atomic mass is 10.0. The predicted molar refractivity (Wildman–Crippen MR) is 130 cm³/mol. The van der Waals surface area contributed by atoms with E-state index in [2.05, 4.69) is 22.1 Å². The third kappa shape index (κ3) is 4.77. The number of carbonyl (C=O) groups excluding carboxylic acids is 3. The van der Waals surface area contributed by atoms with Gasteiger partial charge in [-0.1, -0.05) is 12.1 Å². The number of nitrogens with one attached hydrogen (secondary N) is 2. The Hall–Kier alpha value is -3.72. The fraction of sp³-hybridized carbons (Fsp3) is 0.346. The molecule has 1 fully saturated rings. The quantitative estimate of drug-likeness (QED) is 0.418. The van der Waals surface area contributed by atoms with Crippen LogP contribution in [0.15, 0.2) is 42.6 Å². The summed E-state index contributed by atoms with van der Waals surface area (Å²) in [5.74, 6) is -1.49. The van der Waals surface area contributed by atoms with Crippen LogP contribution in [-0.2, 0) is 11.3 Å². The van der Waals surface area contributed by atoms with Crippen LogP contribution in [0.4, 0.5) is 4.39 Å². The molecule has 1 aliphatic rings. The van der Waals surface area contributed by atoms with Gasteiger partial charge in [-0.2, -0.15) is 0 Å². The van der Waals surface area contributed by atoms with Gasteiger partial charge in [0.05, 0.1) is 18.2 Å². The van der Waals surface area contributed by atoms with Crippen LogP contribution in [-0.4, -0.2) is 71.7 Å². The molecule has 0 unspecified atom stereocenters. The van der Waals surface area contributed by atoms with Gasteiger partial charge in [0.15, 0.2) is 0 Å². The van der Waals surface area contributed by atoms with Crippen LogP contribution < -0.4 is 10.1 Å². The number of aromatic amines is 1. The average molecular weight is 481 g/mol. The Morgan fingerprint density at radius 1 is 1.09 bits per heavy atom. The Bertz CT molecular complexity index is 1270. The zero-order valence-electron chi connectivity index (χ0n) is 20.2. The van der Waals surface area contributed by atoms with E-state index in [0.29, 0.717) is 41.9 Å². The minimum atomic E-state index is -0.727. The number of nitrogens with zero attached hydrogens (tertiary/aromatic N) is 2. The van der Waals surface area contributed by atoms with Crippen molar-refractivity contribution in [3.05, 3.63) is 65.1 Å². The molecule has 2 aromatic carbocycles. The van der Waals surface area contributed by atoms with Crippen molar-refractivity contribution in [2.45, 2.75) is 32.5 Å². The van der Waals surface area contributed by atoms with Crippen molar-refractivity contribution < 1.29 is 23.5 Å². The summed E-state index contributed by atoms with van der Waals surface area (Å²) in [7, 11) is 2.88. The van der Waals surface area contributed by atoms with Crippen LogP contribution in [0.5, 0.6) is 5.75 Å². The summed E-state index contributed by atoms with van der Waals surface area (Å²) in [4.78, 5) is 45.2. The van der Waals surface area contributed by atoms with Gasteiger partial charge >= 0.3 is 0 Å². The number of amides is 2. The van der Waals surface area contributed by atoms with Crippen LogP contribution in [0.2, 0.25) is 0 Å². The molecule has 0 aliphatic carbocycles. The summed E-state index contributed by atoms with van der Waals surface area (Å²) in [6, 6.07) is 9.74. The lowest BCUT2D eigenvalue weighted by molar-refractivity contribution is -0.116. The van der Waals surface area contributed by atoms with Crippen molar-refractivity contribution in [1.29, 1.82) is 0 Å². The van der Waals surface area contributed by atoms with Gasteiger partial charge in [-0.05, 0) is 37.6 Å². The Balaban J connectivity index is 1.60. The van der Waals surface area contributed by atoms with E-state index in [9.17, 15) is 18.8 Å². The lowest BCUT2D eigenvalue weighted by Gasteiger charge is -2.44. The number of Topliss-reactive ketones (excluding diaryl/α,β-unsaturated/α-hetero) is 1. The molecule has 0 radical (unpaired) electrons. The number of hydrogen-bond acceptors (Lipinski definition) is 5. The number of rotatable bonds is 6. The fourth-order valence-corrected chi connectivity index (χ4v) is 4.59. The Morgan fingerprint density at radius 3 is 2.46 bits per heavy atom. The first kappa shape index (κ1) is 24.4. The monoisotopic (exact) mass is 480 g/mol. The van der Waals surface area contributed by atoms with E-state index in [-0.39, 0.29) is 29.4 Å². The molecular formula is C26H29FN4O4. The first-order chi connectivity index (χ1) is 16.7. The van der Waals surface area contributed by atoms with Crippen LogP contribution >= 0.6 is 0 Å². The highest BCUT2D eigenvalue weighted by molar-refractivity contribution is 6.45. The van der Waals surface area contributed by atoms with Gasteiger partial charge in [0, 0.05) is 61.9 Å². The third-order valence-electron chi connectivity index (χ3n) is 6.58. The molecule has 184 valence electrons. The molecular weight excluding hydrogens is 451 g/mol. The van der Waals surface area contributed by atoms with Crippen molar-refractivity contribution in [2.75, 3.05) is 27.2 Å². The Labute approximate surface area is 203 Å². The molecule has 1 saturated heterocycles. The van der Waals surface area contributed by atoms with Crippen molar-refractivity contribution >= 4 is 28.5 Å². The van der Waals surface area contributed by atoms with E-state index in [1.165, 1.54) is 32.5 Å². The predicted octanol–water partition coefficient (Wildman–Crippen LogP) is 2.98. The maximum absolute atomic E-state index is 13.7. The maximum Gasteiger partial charge on any atom is 0.292 e. The number of carbonyl (C=O) groups is 3. The van der Waals surface area contributed by atoms with Gasteiger partial charge in [0.2, 0.25) is 0 Å². The summed E-state index contributed by atoms with van der Waals surface area (Å²) in [6.45, 7) is 5.86. The van der Waals surface area contributed by atoms with Gasteiger partial charge in [-0.3, -0.25) is 19.3 Å². The van der Waals surface area contributed by atoms with Gasteiger partial charge in [-0.25, -0.2) is 4.39 Å². The number of H-pyrrole nitrogens is 1. The van der Waals surface area contributed by atoms with E-state index >= 15 is 0 Å². The number of benzene rings is 2. The molecule has 8 nitrogen and oxygen atoms in total. The molecule has 0 spiro atoms. The normalized spacial score (nSPS) is 18.5. The molecule has 9 heteroatoms.